The molecule has 1 aromatic heterocycles. The maximum absolute atomic E-state index is 12.1. The number of Topliss-reactive ketones (excluding diaryl/α,β-unsaturated/α-hetero) is 1. The van der Waals surface area contributed by atoms with Crippen LogP contribution >= 0.6 is 35.0 Å². The highest BCUT2D eigenvalue weighted by Crippen LogP contribution is 2.25. The van der Waals surface area contributed by atoms with Gasteiger partial charge in [-0.25, -0.2) is 0 Å². The highest BCUT2D eigenvalue weighted by Gasteiger charge is 2.12. The minimum absolute atomic E-state index is 0.0332. The molecule has 0 atom stereocenters. The molecular formula is C16H10Cl2N2O2S. The maximum atomic E-state index is 12.1. The quantitative estimate of drug-likeness (QED) is 0.469. The molecule has 1 heterocycles. The predicted octanol–water partition coefficient (Wildman–Crippen LogP) is 5.02. The van der Waals surface area contributed by atoms with Gasteiger partial charge >= 0.3 is 0 Å². The lowest BCUT2D eigenvalue weighted by molar-refractivity contribution is 0.102. The number of hydrogen-bond donors (Lipinski definition) is 0. The average Bonchev–Trinajstić information content (AvgIpc) is 3.02. The Kier molecular flexibility index (Phi) is 5.00. The number of halogens is 2. The summed E-state index contributed by atoms with van der Waals surface area (Å²) in [6.45, 7) is 0. The number of rotatable bonds is 5. The number of thioether (sulfide) groups is 1. The number of carbonyl (C=O) groups excluding carboxylic acids is 1. The highest BCUT2D eigenvalue weighted by atomic mass is 35.5. The van der Waals surface area contributed by atoms with E-state index in [4.69, 9.17) is 27.6 Å². The third-order valence-corrected chi connectivity index (χ3v) is 4.28. The molecule has 116 valence electrons. The molecule has 0 radical (unpaired) electrons. The smallest absolute Gasteiger partial charge is 0.277 e. The van der Waals surface area contributed by atoms with Crippen molar-refractivity contribution in [3.63, 3.8) is 0 Å². The van der Waals surface area contributed by atoms with Gasteiger partial charge in [0.1, 0.15) is 0 Å². The molecule has 4 nitrogen and oxygen atoms in total. The standard InChI is InChI=1S/C16H10Cl2N2O2S/c17-12-6-4-10(5-7-12)14(21)9-23-16-20-19-15(22-16)11-2-1-3-13(18)8-11/h1-8H,9H2. The Hall–Kier alpha value is -1.82. The number of benzene rings is 2. The monoisotopic (exact) mass is 364 g/mol. The van der Waals surface area contributed by atoms with Crippen molar-refractivity contribution in [3.8, 4) is 11.5 Å². The number of ketones is 1. The van der Waals surface area contributed by atoms with Gasteiger partial charge < -0.3 is 4.42 Å². The van der Waals surface area contributed by atoms with Crippen LogP contribution in [0.3, 0.4) is 0 Å². The van der Waals surface area contributed by atoms with Crippen molar-refractivity contribution < 1.29 is 9.21 Å². The van der Waals surface area contributed by atoms with Gasteiger partial charge in [-0.3, -0.25) is 4.79 Å². The Morgan fingerprint density at radius 3 is 2.57 bits per heavy atom. The largest absolute Gasteiger partial charge is 0.411 e. The summed E-state index contributed by atoms with van der Waals surface area (Å²) in [5.74, 6) is 0.543. The van der Waals surface area contributed by atoms with Gasteiger partial charge in [-0.05, 0) is 42.5 Å². The Morgan fingerprint density at radius 1 is 1.04 bits per heavy atom. The number of carbonyl (C=O) groups is 1. The molecule has 0 bridgehead atoms. The summed E-state index contributed by atoms with van der Waals surface area (Å²) in [6, 6.07) is 13.9. The molecule has 0 saturated heterocycles. The van der Waals surface area contributed by atoms with Crippen LogP contribution in [0.4, 0.5) is 0 Å². The molecule has 0 spiro atoms. The van der Waals surface area contributed by atoms with Crippen molar-refractivity contribution in [2.75, 3.05) is 5.75 Å². The number of nitrogens with zero attached hydrogens (tertiary/aromatic N) is 2. The van der Waals surface area contributed by atoms with Crippen LogP contribution in [0.15, 0.2) is 58.2 Å². The summed E-state index contributed by atoms with van der Waals surface area (Å²) < 4.78 is 5.54. The van der Waals surface area contributed by atoms with Crippen molar-refractivity contribution in [1.29, 1.82) is 0 Å². The van der Waals surface area contributed by atoms with Gasteiger partial charge in [-0.1, -0.05) is 41.0 Å². The summed E-state index contributed by atoms with van der Waals surface area (Å²) in [7, 11) is 0. The van der Waals surface area contributed by atoms with Crippen LogP contribution in [-0.2, 0) is 0 Å². The first-order chi connectivity index (χ1) is 11.1. The Balaban J connectivity index is 1.65. The van der Waals surface area contributed by atoms with Crippen LogP contribution in [0.2, 0.25) is 10.0 Å². The van der Waals surface area contributed by atoms with Crippen LogP contribution in [-0.4, -0.2) is 21.7 Å². The molecule has 7 heteroatoms. The minimum Gasteiger partial charge on any atom is -0.411 e. The van der Waals surface area contributed by atoms with Crippen LogP contribution in [0.5, 0.6) is 0 Å². The molecule has 0 unspecified atom stereocenters. The van der Waals surface area contributed by atoms with E-state index in [2.05, 4.69) is 10.2 Å². The van der Waals surface area contributed by atoms with Gasteiger partial charge in [0.15, 0.2) is 5.78 Å². The normalized spacial score (nSPS) is 10.7. The predicted molar refractivity (Wildman–Crippen MR) is 91.3 cm³/mol. The van der Waals surface area contributed by atoms with Crippen LogP contribution in [0.1, 0.15) is 10.4 Å². The lowest BCUT2D eigenvalue weighted by atomic mass is 10.1. The molecule has 0 N–H and O–H groups in total. The molecule has 3 rings (SSSR count). The van der Waals surface area contributed by atoms with Crippen molar-refractivity contribution in [1.82, 2.24) is 10.2 Å². The van der Waals surface area contributed by atoms with Gasteiger partial charge in [0.25, 0.3) is 5.22 Å². The Morgan fingerprint density at radius 2 is 1.83 bits per heavy atom. The summed E-state index contributed by atoms with van der Waals surface area (Å²) in [5, 5.41) is 9.42. The first kappa shape index (κ1) is 16.1. The average molecular weight is 365 g/mol. The van der Waals surface area contributed by atoms with E-state index in [1.54, 1.807) is 42.5 Å². The van der Waals surface area contributed by atoms with Crippen LogP contribution in [0, 0.1) is 0 Å². The van der Waals surface area contributed by atoms with Gasteiger partial charge in [0.2, 0.25) is 5.89 Å². The molecular weight excluding hydrogens is 355 g/mol. The van der Waals surface area contributed by atoms with E-state index in [9.17, 15) is 4.79 Å². The van der Waals surface area contributed by atoms with Gasteiger partial charge in [0, 0.05) is 21.2 Å². The van der Waals surface area contributed by atoms with E-state index < -0.39 is 0 Å². The third-order valence-electron chi connectivity index (χ3n) is 2.97. The second-order valence-corrected chi connectivity index (χ2v) is 6.40. The second kappa shape index (κ2) is 7.17. The summed E-state index contributed by atoms with van der Waals surface area (Å²) in [4.78, 5) is 12.1. The fourth-order valence-corrected chi connectivity index (χ4v) is 2.83. The van der Waals surface area contributed by atoms with Crippen LogP contribution in [0.25, 0.3) is 11.5 Å². The lowest BCUT2D eigenvalue weighted by Crippen LogP contribution is -2.01. The SMILES string of the molecule is O=C(CSc1nnc(-c2cccc(Cl)c2)o1)c1ccc(Cl)cc1. The molecule has 23 heavy (non-hydrogen) atoms. The van der Waals surface area contributed by atoms with E-state index in [1.165, 1.54) is 11.8 Å². The molecule has 3 aromatic rings. The van der Waals surface area contributed by atoms with Gasteiger partial charge in [0.05, 0.1) is 5.75 Å². The Bertz CT molecular complexity index is 834. The van der Waals surface area contributed by atoms with Crippen molar-refractivity contribution in [3.05, 3.63) is 64.1 Å². The first-order valence-corrected chi connectivity index (χ1v) is 8.37. The van der Waals surface area contributed by atoms with E-state index in [0.717, 1.165) is 5.56 Å². The van der Waals surface area contributed by atoms with Crippen LogP contribution < -0.4 is 0 Å². The summed E-state index contributed by atoms with van der Waals surface area (Å²) in [5.41, 5.74) is 1.33. The van der Waals surface area contributed by atoms with E-state index in [0.29, 0.717) is 26.7 Å². The zero-order valence-corrected chi connectivity index (χ0v) is 14.0. The molecule has 0 fully saturated rings. The zero-order valence-electron chi connectivity index (χ0n) is 11.7. The maximum Gasteiger partial charge on any atom is 0.277 e. The molecule has 0 amide bonds. The van der Waals surface area contributed by atoms with E-state index >= 15 is 0 Å². The molecule has 0 aliphatic carbocycles. The number of aromatic nitrogens is 2. The number of hydrogen-bond acceptors (Lipinski definition) is 5. The molecule has 0 aliphatic rings. The van der Waals surface area contributed by atoms with Gasteiger partial charge in [-0.2, -0.15) is 0 Å². The van der Waals surface area contributed by atoms with E-state index in [1.807, 2.05) is 6.07 Å². The highest BCUT2D eigenvalue weighted by molar-refractivity contribution is 7.99. The van der Waals surface area contributed by atoms with Crippen molar-refractivity contribution >= 4 is 40.7 Å². The third kappa shape index (κ3) is 4.13. The first-order valence-electron chi connectivity index (χ1n) is 6.63. The minimum atomic E-state index is -0.0332. The van der Waals surface area contributed by atoms with Gasteiger partial charge in [-0.15, -0.1) is 10.2 Å². The molecule has 0 aliphatic heterocycles. The lowest BCUT2D eigenvalue weighted by Gasteiger charge is -1.99. The topological polar surface area (TPSA) is 56.0 Å². The summed E-state index contributed by atoms with van der Waals surface area (Å²) in [6.07, 6.45) is 0. The zero-order chi connectivity index (χ0) is 16.2. The Labute approximate surface area is 146 Å². The van der Waals surface area contributed by atoms with Crippen molar-refractivity contribution in [2.24, 2.45) is 0 Å². The second-order valence-electron chi connectivity index (χ2n) is 4.60. The fraction of sp³-hybridized carbons (Fsp3) is 0.0625. The van der Waals surface area contributed by atoms with E-state index in [-0.39, 0.29) is 11.5 Å². The molecule has 2 aromatic carbocycles. The molecule has 0 saturated carbocycles. The fourth-order valence-electron chi connectivity index (χ4n) is 1.85. The van der Waals surface area contributed by atoms with Crippen molar-refractivity contribution in [2.45, 2.75) is 5.22 Å². The summed E-state index contributed by atoms with van der Waals surface area (Å²) >= 11 is 12.9.